The zero-order valence-electron chi connectivity index (χ0n) is 12.4. The maximum atomic E-state index is 11.7. The molecule has 1 aliphatic rings. The summed E-state index contributed by atoms with van der Waals surface area (Å²) in [5.41, 5.74) is 0. The molecule has 0 saturated carbocycles. The summed E-state index contributed by atoms with van der Waals surface area (Å²) in [6, 6.07) is 0. The van der Waals surface area contributed by atoms with Crippen LogP contribution < -0.4 is 0 Å². The first kappa shape index (κ1) is 21.3. The van der Waals surface area contributed by atoms with E-state index in [-0.39, 0.29) is 0 Å². The molecule has 0 aliphatic carbocycles. The lowest BCUT2D eigenvalue weighted by Gasteiger charge is -2.38. The normalized spacial score (nSPS) is 33.2. The van der Waals surface area contributed by atoms with E-state index < -0.39 is 73.3 Å². The summed E-state index contributed by atoms with van der Waals surface area (Å²) in [6.07, 6.45) is -17.7. The van der Waals surface area contributed by atoms with Crippen molar-refractivity contribution in [2.24, 2.45) is 0 Å². The molecular formula is C12H18O13. The van der Waals surface area contributed by atoms with E-state index in [0.29, 0.717) is 0 Å². The molecule has 1 aliphatic heterocycles. The summed E-state index contributed by atoms with van der Waals surface area (Å²) in [4.78, 5) is 33.6. The molecule has 0 aromatic carbocycles. The number of hydrogen-bond acceptors (Lipinski definition) is 12. The van der Waals surface area contributed by atoms with E-state index in [1.807, 2.05) is 0 Å². The van der Waals surface area contributed by atoms with Crippen LogP contribution in [0.1, 0.15) is 0 Å². The van der Waals surface area contributed by atoms with Crippen molar-refractivity contribution in [2.45, 2.75) is 49.0 Å². The van der Waals surface area contributed by atoms with Gasteiger partial charge in [0.15, 0.2) is 18.0 Å². The van der Waals surface area contributed by atoms with Crippen LogP contribution in [0, 0.1) is 0 Å². The topological polar surface area (TPSA) is 232 Å². The monoisotopic (exact) mass is 370 g/mol. The van der Waals surface area contributed by atoms with Crippen LogP contribution in [0.15, 0.2) is 0 Å². The van der Waals surface area contributed by atoms with Gasteiger partial charge in [-0.2, -0.15) is 0 Å². The third-order valence-corrected chi connectivity index (χ3v) is 3.42. The summed E-state index contributed by atoms with van der Waals surface area (Å²) in [7, 11) is 0. The first-order valence-corrected chi connectivity index (χ1v) is 6.83. The molecule has 25 heavy (non-hydrogen) atoms. The molecule has 8 N–H and O–H groups in total. The Hall–Kier alpha value is -1.71. The number of ether oxygens (including phenoxy) is 2. The zero-order valence-corrected chi connectivity index (χ0v) is 12.4. The molecule has 1 saturated heterocycles. The van der Waals surface area contributed by atoms with Gasteiger partial charge < -0.3 is 50.3 Å². The Bertz CT molecular complexity index is 507. The molecule has 0 radical (unpaired) electrons. The van der Waals surface area contributed by atoms with Gasteiger partial charge in [0.1, 0.15) is 37.1 Å². The van der Waals surface area contributed by atoms with E-state index in [1.165, 1.54) is 0 Å². The number of ketones is 1. The molecule has 0 aromatic heterocycles. The predicted molar refractivity (Wildman–Crippen MR) is 70.5 cm³/mol. The predicted octanol–water partition coefficient (Wildman–Crippen LogP) is -5.93. The van der Waals surface area contributed by atoms with Crippen LogP contribution in [0.3, 0.4) is 0 Å². The molecule has 1 rings (SSSR count). The Kier molecular flexibility index (Phi) is 7.33. The van der Waals surface area contributed by atoms with Crippen LogP contribution in [-0.4, -0.2) is 114 Å². The number of aliphatic carboxylic acids is 1. The summed E-state index contributed by atoms with van der Waals surface area (Å²) in [5.74, 6) is -4.80. The molecule has 1 fully saturated rings. The van der Waals surface area contributed by atoms with Gasteiger partial charge in [0.2, 0.25) is 6.29 Å². The number of hydrogen-bond donors (Lipinski definition) is 8. The van der Waals surface area contributed by atoms with Crippen molar-refractivity contribution in [3.05, 3.63) is 0 Å². The van der Waals surface area contributed by atoms with Gasteiger partial charge in [-0.1, -0.05) is 0 Å². The van der Waals surface area contributed by atoms with E-state index in [0.717, 1.165) is 0 Å². The largest absolute Gasteiger partial charge is 0.479 e. The molecule has 8 atom stereocenters. The highest BCUT2D eigenvalue weighted by molar-refractivity contribution is 5.86. The fraction of sp³-hybridized carbons (Fsp3) is 0.750. The van der Waals surface area contributed by atoms with E-state index in [1.54, 1.807) is 0 Å². The maximum Gasteiger partial charge on any atom is 0.340 e. The number of carboxylic acid groups (broad SMARTS) is 1. The van der Waals surface area contributed by atoms with Gasteiger partial charge >= 0.3 is 11.9 Å². The van der Waals surface area contributed by atoms with Crippen molar-refractivity contribution in [2.75, 3.05) is 6.61 Å². The molecule has 144 valence electrons. The number of Topliss-reactive ketones (excluding diaryl/α,β-unsaturated/α-hetero) is 1. The summed E-state index contributed by atoms with van der Waals surface area (Å²) < 4.78 is 9.02. The smallest absolute Gasteiger partial charge is 0.340 e. The minimum atomic E-state index is -2.53. The standard InChI is InChI=1S/C12H18O13/c13-1-2(14)3(15)4(16)7(19)11(23)25-12-8(20)5(17)6(18)9(24-12)10(21)22/h3-9,12-13,15-20H,1H2,(H,21,22)/t3-,4+,5+,6+,7+,8-,9+,12+/m1/s1. The summed E-state index contributed by atoms with van der Waals surface area (Å²) in [6.45, 7) is -1.19. The van der Waals surface area contributed by atoms with Gasteiger partial charge in [0.05, 0.1) is 0 Å². The molecule has 0 unspecified atom stereocenters. The number of carboxylic acids is 1. The lowest BCUT2D eigenvalue weighted by Crippen LogP contribution is -2.61. The van der Waals surface area contributed by atoms with Crippen molar-refractivity contribution in [1.29, 1.82) is 0 Å². The quantitative estimate of drug-likeness (QED) is 0.195. The van der Waals surface area contributed by atoms with Crippen molar-refractivity contribution < 1.29 is 64.7 Å². The van der Waals surface area contributed by atoms with E-state index >= 15 is 0 Å². The number of carbonyl (C=O) groups is 3. The first-order valence-electron chi connectivity index (χ1n) is 6.83. The molecular weight excluding hydrogens is 352 g/mol. The van der Waals surface area contributed by atoms with E-state index in [4.69, 9.17) is 10.2 Å². The SMILES string of the molecule is O=C(CO)[C@@H](O)[C@H](O)[C@H](O)C(=O)O[C@@H]1O[C@H](C(=O)O)[C@@H](O)[C@H](O)[C@H]1O. The highest BCUT2D eigenvalue weighted by atomic mass is 16.7. The van der Waals surface area contributed by atoms with Crippen LogP contribution in [-0.2, 0) is 23.9 Å². The molecule has 0 bridgehead atoms. The second-order valence-electron chi connectivity index (χ2n) is 5.18. The van der Waals surface area contributed by atoms with Crippen LogP contribution in [0.4, 0.5) is 0 Å². The number of carbonyl (C=O) groups excluding carboxylic acids is 2. The summed E-state index contributed by atoms with van der Waals surface area (Å²) in [5, 5.41) is 74.2. The number of rotatable bonds is 7. The first-order chi connectivity index (χ1) is 11.5. The van der Waals surface area contributed by atoms with Gasteiger partial charge in [-0.3, -0.25) is 4.79 Å². The van der Waals surface area contributed by atoms with Gasteiger partial charge in [0.25, 0.3) is 0 Å². The average molecular weight is 370 g/mol. The Morgan fingerprint density at radius 1 is 0.960 bits per heavy atom. The lowest BCUT2D eigenvalue weighted by atomic mass is 9.99. The fourth-order valence-corrected chi connectivity index (χ4v) is 1.93. The van der Waals surface area contributed by atoms with Crippen molar-refractivity contribution in [3.8, 4) is 0 Å². The van der Waals surface area contributed by atoms with Crippen LogP contribution >= 0.6 is 0 Å². The Balaban J connectivity index is 2.80. The maximum absolute atomic E-state index is 11.7. The van der Waals surface area contributed by atoms with Crippen molar-refractivity contribution >= 4 is 17.7 Å². The number of aliphatic hydroxyl groups excluding tert-OH is 7. The zero-order chi connectivity index (χ0) is 19.5. The second kappa shape index (κ2) is 8.59. The fourth-order valence-electron chi connectivity index (χ4n) is 1.93. The van der Waals surface area contributed by atoms with Crippen molar-refractivity contribution in [1.82, 2.24) is 0 Å². The highest BCUT2D eigenvalue weighted by Crippen LogP contribution is 2.23. The minimum absolute atomic E-state index is 1.19. The van der Waals surface area contributed by atoms with Gasteiger partial charge in [-0.05, 0) is 0 Å². The lowest BCUT2D eigenvalue weighted by molar-refractivity contribution is -0.289. The van der Waals surface area contributed by atoms with Gasteiger partial charge in [-0.15, -0.1) is 0 Å². The molecule has 13 nitrogen and oxygen atoms in total. The molecule has 0 spiro atoms. The molecule has 0 amide bonds. The summed E-state index contributed by atoms with van der Waals surface area (Å²) >= 11 is 0. The van der Waals surface area contributed by atoms with Crippen molar-refractivity contribution in [3.63, 3.8) is 0 Å². The Morgan fingerprint density at radius 2 is 1.52 bits per heavy atom. The number of esters is 1. The molecule has 1 heterocycles. The Labute approximate surface area is 139 Å². The van der Waals surface area contributed by atoms with Crippen LogP contribution in [0.2, 0.25) is 0 Å². The van der Waals surface area contributed by atoms with E-state index in [2.05, 4.69) is 9.47 Å². The highest BCUT2D eigenvalue weighted by Gasteiger charge is 2.49. The number of aliphatic hydroxyl groups is 7. The van der Waals surface area contributed by atoms with Gasteiger partial charge in [-0.25, -0.2) is 9.59 Å². The third-order valence-electron chi connectivity index (χ3n) is 3.42. The second-order valence-corrected chi connectivity index (χ2v) is 5.18. The minimum Gasteiger partial charge on any atom is -0.479 e. The van der Waals surface area contributed by atoms with Crippen LogP contribution in [0.25, 0.3) is 0 Å². The third kappa shape index (κ3) is 4.68. The van der Waals surface area contributed by atoms with Gasteiger partial charge in [0, 0.05) is 0 Å². The molecule has 0 aromatic rings. The van der Waals surface area contributed by atoms with E-state index in [9.17, 15) is 45.0 Å². The average Bonchev–Trinajstić information content (AvgIpc) is 2.58. The Morgan fingerprint density at radius 3 is 2.00 bits per heavy atom. The van der Waals surface area contributed by atoms with Crippen LogP contribution in [0.5, 0.6) is 0 Å². The molecule has 13 heteroatoms.